The first kappa shape index (κ1) is 13.8. The first-order valence-corrected chi connectivity index (χ1v) is 5.77. The normalized spacial score (nSPS) is 10.4. The molecule has 0 aliphatic carbocycles. The number of benzene rings is 1. The summed E-state index contributed by atoms with van der Waals surface area (Å²) in [5.41, 5.74) is 0.642. The van der Waals surface area contributed by atoms with Crippen molar-refractivity contribution in [1.82, 2.24) is 4.90 Å². The van der Waals surface area contributed by atoms with Crippen molar-refractivity contribution in [3.05, 3.63) is 23.2 Å². The summed E-state index contributed by atoms with van der Waals surface area (Å²) in [4.78, 5) is 13.4. The van der Waals surface area contributed by atoms with E-state index in [1.165, 1.54) is 0 Å². The molecule has 1 rings (SSSR count). The molecule has 0 fully saturated rings. The van der Waals surface area contributed by atoms with Crippen LogP contribution in [0.25, 0.3) is 0 Å². The summed E-state index contributed by atoms with van der Waals surface area (Å²) in [6, 6.07) is 5.15. The molecule has 0 bridgehead atoms. The molecule has 0 aliphatic rings. The molecule has 1 N–H and O–H groups in total. The highest BCUT2D eigenvalue weighted by atomic mass is 35.5. The van der Waals surface area contributed by atoms with Gasteiger partial charge in [0, 0.05) is 11.1 Å². The largest absolute Gasteiger partial charge is 0.492 e. The molecule has 0 radical (unpaired) electrons. The molecule has 0 spiro atoms. The molecule has 1 aromatic carbocycles. The van der Waals surface area contributed by atoms with Gasteiger partial charge in [0.05, 0.1) is 18.8 Å². The molecule has 17 heavy (non-hydrogen) atoms. The Bertz CT molecular complexity index is 394. The van der Waals surface area contributed by atoms with Gasteiger partial charge in [-0.05, 0) is 33.2 Å². The van der Waals surface area contributed by atoms with Gasteiger partial charge in [-0.25, -0.2) is 0 Å². The Kier molecular flexibility index (Phi) is 5.25. The van der Waals surface area contributed by atoms with E-state index in [9.17, 15) is 4.79 Å². The summed E-state index contributed by atoms with van der Waals surface area (Å²) in [5, 5.41) is 3.37. The number of nitrogens with one attached hydrogen (secondary N) is 1. The number of amides is 1. The summed E-state index contributed by atoms with van der Waals surface area (Å²) in [6.07, 6.45) is 0. The molecule has 4 nitrogen and oxygen atoms in total. The molecule has 0 unspecified atom stereocenters. The predicted molar refractivity (Wildman–Crippen MR) is 69.8 cm³/mol. The minimum Gasteiger partial charge on any atom is -0.492 e. The zero-order valence-electron chi connectivity index (χ0n) is 10.3. The van der Waals surface area contributed by atoms with Crippen molar-refractivity contribution in [1.29, 1.82) is 0 Å². The van der Waals surface area contributed by atoms with Gasteiger partial charge in [0.2, 0.25) is 5.91 Å². The molecule has 0 heterocycles. The van der Waals surface area contributed by atoms with Gasteiger partial charge in [-0.2, -0.15) is 0 Å². The number of carbonyl (C=O) groups is 1. The maximum atomic E-state index is 11.6. The lowest BCUT2D eigenvalue weighted by molar-refractivity contribution is -0.116. The van der Waals surface area contributed by atoms with Crippen molar-refractivity contribution in [2.75, 3.05) is 32.6 Å². The average molecular weight is 257 g/mol. The Morgan fingerprint density at radius 1 is 1.47 bits per heavy atom. The fourth-order valence-corrected chi connectivity index (χ4v) is 1.51. The summed E-state index contributed by atoms with van der Waals surface area (Å²) in [6.45, 7) is 2.73. The van der Waals surface area contributed by atoms with Gasteiger partial charge in [-0.1, -0.05) is 11.6 Å². The Morgan fingerprint density at radius 3 is 2.76 bits per heavy atom. The number of hydrogen-bond donors (Lipinski definition) is 1. The first-order chi connectivity index (χ1) is 8.02. The van der Waals surface area contributed by atoms with E-state index in [0.29, 0.717) is 29.6 Å². The van der Waals surface area contributed by atoms with E-state index in [1.54, 1.807) is 23.1 Å². The van der Waals surface area contributed by atoms with Crippen molar-refractivity contribution in [3.63, 3.8) is 0 Å². The summed E-state index contributed by atoms with van der Waals surface area (Å²) in [5.74, 6) is 0.505. The van der Waals surface area contributed by atoms with E-state index >= 15 is 0 Å². The minimum absolute atomic E-state index is 0.0849. The summed E-state index contributed by atoms with van der Waals surface area (Å²) in [7, 11) is 3.68. The fourth-order valence-electron chi connectivity index (χ4n) is 1.35. The fraction of sp³-hybridized carbons (Fsp3) is 0.417. The van der Waals surface area contributed by atoms with Crippen LogP contribution >= 0.6 is 11.6 Å². The Balaban J connectivity index is 2.79. The van der Waals surface area contributed by atoms with E-state index in [0.717, 1.165) is 0 Å². The van der Waals surface area contributed by atoms with Gasteiger partial charge in [-0.15, -0.1) is 0 Å². The third-order valence-electron chi connectivity index (χ3n) is 1.98. The van der Waals surface area contributed by atoms with Crippen molar-refractivity contribution < 1.29 is 9.53 Å². The van der Waals surface area contributed by atoms with E-state index in [2.05, 4.69) is 5.32 Å². The zero-order valence-corrected chi connectivity index (χ0v) is 11.0. The number of likely N-dealkylation sites (N-methyl/N-ethyl adjacent to an activating group) is 1. The second kappa shape index (κ2) is 6.47. The lowest BCUT2D eigenvalue weighted by Crippen LogP contribution is -2.27. The van der Waals surface area contributed by atoms with Gasteiger partial charge >= 0.3 is 0 Å². The topological polar surface area (TPSA) is 41.6 Å². The number of rotatable bonds is 5. The van der Waals surface area contributed by atoms with Crippen LogP contribution in [0.2, 0.25) is 5.02 Å². The predicted octanol–water partition coefficient (Wildman–Crippen LogP) is 2.24. The van der Waals surface area contributed by atoms with Crippen LogP contribution in [-0.2, 0) is 4.79 Å². The molecule has 1 amide bonds. The van der Waals surface area contributed by atoms with Crippen LogP contribution < -0.4 is 10.1 Å². The lowest BCUT2D eigenvalue weighted by Gasteiger charge is -2.13. The molecule has 0 saturated carbocycles. The standard InChI is InChI=1S/C12H17ClN2O2/c1-4-17-11-7-9(13)5-6-10(11)14-12(16)8-15(2)3/h5-7H,4,8H2,1-3H3,(H,14,16). The quantitative estimate of drug-likeness (QED) is 0.879. The minimum atomic E-state index is -0.0849. The Morgan fingerprint density at radius 2 is 2.18 bits per heavy atom. The molecule has 0 saturated heterocycles. The maximum absolute atomic E-state index is 11.6. The third kappa shape index (κ3) is 4.63. The zero-order chi connectivity index (χ0) is 12.8. The number of hydrogen-bond acceptors (Lipinski definition) is 3. The monoisotopic (exact) mass is 256 g/mol. The van der Waals surface area contributed by atoms with Crippen LogP contribution in [0, 0.1) is 0 Å². The van der Waals surface area contributed by atoms with Crippen LogP contribution in [0.3, 0.4) is 0 Å². The number of halogens is 1. The van der Waals surface area contributed by atoms with Crippen molar-refractivity contribution in [2.24, 2.45) is 0 Å². The van der Waals surface area contributed by atoms with Gasteiger partial charge in [0.25, 0.3) is 0 Å². The Hall–Kier alpha value is -1.26. The second-order valence-corrected chi connectivity index (χ2v) is 4.30. The van der Waals surface area contributed by atoms with Crippen LogP contribution in [0.5, 0.6) is 5.75 Å². The van der Waals surface area contributed by atoms with Crippen molar-refractivity contribution >= 4 is 23.2 Å². The molecular weight excluding hydrogens is 240 g/mol. The molecule has 0 aliphatic heterocycles. The highest BCUT2D eigenvalue weighted by Crippen LogP contribution is 2.28. The third-order valence-corrected chi connectivity index (χ3v) is 2.21. The smallest absolute Gasteiger partial charge is 0.238 e. The van der Waals surface area contributed by atoms with E-state index < -0.39 is 0 Å². The molecule has 5 heteroatoms. The molecule has 0 aromatic heterocycles. The summed E-state index contributed by atoms with van der Waals surface area (Å²) >= 11 is 5.87. The van der Waals surface area contributed by atoms with Crippen LogP contribution in [-0.4, -0.2) is 38.1 Å². The molecular formula is C12H17ClN2O2. The molecule has 94 valence electrons. The lowest BCUT2D eigenvalue weighted by atomic mass is 10.3. The van der Waals surface area contributed by atoms with E-state index in [1.807, 2.05) is 21.0 Å². The second-order valence-electron chi connectivity index (χ2n) is 3.86. The average Bonchev–Trinajstić information content (AvgIpc) is 2.21. The number of carbonyl (C=O) groups excluding carboxylic acids is 1. The number of anilines is 1. The highest BCUT2D eigenvalue weighted by Gasteiger charge is 2.09. The SMILES string of the molecule is CCOc1cc(Cl)ccc1NC(=O)CN(C)C. The van der Waals surface area contributed by atoms with Gasteiger partial charge in [-0.3, -0.25) is 4.79 Å². The van der Waals surface area contributed by atoms with Gasteiger partial charge in [0.15, 0.2) is 0 Å². The maximum Gasteiger partial charge on any atom is 0.238 e. The van der Waals surface area contributed by atoms with E-state index in [-0.39, 0.29) is 5.91 Å². The molecule has 0 atom stereocenters. The van der Waals surface area contributed by atoms with Gasteiger partial charge < -0.3 is 15.0 Å². The molecule has 1 aromatic rings. The van der Waals surface area contributed by atoms with Crippen LogP contribution in [0.1, 0.15) is 6.92 Å². The summed E-state index contributed by atoms with van der Waals surface area (Å²) < 4.78 is 5.41. The number of ether oxygens (including phenoxy) is 1. The van der Waals surface area contributed by atoms with Crippen LogP contribution in [0.4, 0.5) is 5.69 Å². The van der Waals surface area contributed by atoms with Crippen LogP contribution in [0.15, 0.2) is 18.2 Å². The number of nitrogens with zero attached hydrogens (tertiary/aromatic N) is 1. The Labute approximate surface area is 107 Å². The van der Waals surface area contributed by atoms with Crippen molar-refractivity contribution in [2.45, 2.75) is 6.92 Å². The first-order valence-electron chi connectivity index (χ1n) is 5.40. The van der Waals surface area contributed by atoms with E-state index in [4.69, 9.17) is 16.3 Å². The highest BCUT2D eigenvalue weighted by molar-refractivity contribution is 6.30. The van der Waals surface area contributed by atoms with Gasteiger partial charge in [0.1, 0.15) is 5.75 Å². The van der Waals surface area contributed by atoms with Crippen molar-refractivity contribution in [3.8, 4) is 5.75 Å².